The average Bonchev–Trinajstić information content (AvgIpc) is 2.21. The van der Waals surface area contributed by atoms with E-state index >= 15 is 0 Å². The monoisotopic (exact) mass is 221 g/mol. The summed E-state index contributed by atoms with van der Waals surface area (Å²) in [6, 6.07) is 0. The zero-order valence-electron chi connectivity index (χ0n) is 10.2. The normalized spacial score (nSPS) is 18.0. The van der Waals surface area contributed by atoms with Crippen LogP contribution in [0, 0.1) is 13.8 Å². The van der Waals surface area contributed by atoms with Gasteiger partial charge in [-0.15, -0.1) is 0 Å². The number of aromatic nitrogens is 1. The Morgan fingerprint density at radius 2 is 2.12 bits per heavy atom. The van der Waals surface area contributed by atoms with E-state index in [1.54, 1.807) is 7.11 Å². The third kappa shape index (κ3) is 1.92. The molecule has 0 amide bonds. The number of pyridine rings is 1. The number of aryl methyl sites for hydroxylation is 1. The van der Waals surface area contributed by atoms with Crippen molar-refractivity contribution in [3.8, 4) is 5.75 Å². The summed E-state index contributed by atoms with van der Waals surface area (Å²) in [5.41, 5.74) is 2.55. The minimum Gasteiger partial charge on any atom is -0.496 e. The van der Waals surface area contributed by atoms with Gasteiger partial charge >= 0.3 is 0 Å². The van der Waals surface area contributed by atoms with Gasteiger partial charge in [-0.05, 0) is 33.1 Å². The van der Waals surface area contributed by atoms with E-state index in [0.29, 0.717) is 6.42 Å². The van der Waals surface area contributed by atoms with Crippen LogP contribution in [-0.4, -0.2) is 22.8 Å². The molecule has 1 aromatic heterocycles. The molecule has 0 spiro atoms. The van der Waals surface area contributed by atoms with Crippen LogP contribution < -0.4 is 4.74 Å². The second-order valence-electron chi connectivity index (χ2n) is 4.80. The lowest BCUT2D eigenvalue weighted by molar-refractivity contribution is -0.0332. The second-order valence-corrected chi connectivity index (χ2v) is 4.80. The van der Waals surface area contributed by atoms with Gasteiger partial charge < -0.3 is 9.84 Å². The summed E-state index contributed by atoms with van der Waals surface area (Å²) in [7, 11) is 1.68. The quantitative estimate of drug-likeness (QED) is 0.850. The molecule has 0 aliphatic heterocycles. The van der Waals surface area contributed by atoms with Crippen LogP contribution >= 0.6 is 0 Å². The van der Waals surface area contributed by atoms with Gasteiger partial charge in [0.2, 0.25) is 0 Å². The summed E-state index contributed by atoms with van der Waals surface area (Å²) < 4.78 is 5.36. The number of rotatable bonds is 3. The molecule has 0 unspecified atom stereocenters. The fourth-order valence-corrected chi connectivity index (χ4v) is 2.32. The van der Waals surface area contributed by atoms with Gasteiger partial charge in [-0.3, -0.25) is 4.98 Å². The third-order valence-electron chi connectivity index (χ3n) is 3.53. The van der Waals surface area contributed by atoms with Gasteiger partial charge in [0.05, 0.1) is 12.7 Å². The molecule has 88 valence electrons. The molecule has 16 heavy (non-hydrogen) atoms. The van der Waals surface area contributed by atoms with Gasteiger partial charge in [0.1, 0.15) is 5.75 Å². The first-order valence-electron chi connectivity index (χ1n) is 5.77. The second kappa shape index (κ2) is 4.06. The van der Waals surface area contributed by atoms with Crippen LogP contribution in [0.3, 0.4) is 0 Å². The topological polar surface area (TPSA) is 42.4 Å². The predicted molar refractivity (Wildman–Crippen MR) is 62.8 cm³/mol. The Bertz CT molecular complexity index is 397. The van der Waals surface area contributed by atoms with Crippen molar-refractivity contribution in [3.63, 3.8) is 0 Å². The van der Waals surface area contributed by atoms with Crippen LogP contribution in [-0.2, 0) is 6.42 Å². The minimum atomic E-state index is -0.516. The van der Waals surface area contributed by atoms with E-state index in [1.807, 2.05) is 20.0 Å². The van der Waals surface area contributed by atoms with E-state index in [0.717, 1.165) is 41.8 Å². The highest BCUT2D eigenvalue weighted by Crippen LogP contribution is 2.36. The van der Waals surface area contributed by atoms with Crippen LogP contribution in [0.15, 0.2) is 6.20 Å². The molecular weight excluding hydrogens is 202 g/mol. The Morgan fingerprint density at radius 1 is 1.44 bits per heavy atom. The molecule has 0 aromatic carbocycles. The standard InChI is InChI=1S/C13H19NO2/c1-9-8-14-11(10(2)12(9)16-3)7-13(15)5-4-6-13/h8,15H,4-7H2,1-3H3. The lowest BCUT2D eigenvalue weighted by Crippen LogP contribution is -2.39. The highest BCUT2D eigenvalue weighted by molar-refractivity contribution is 5.41. The molecule has 1 heterocycles. The van der Waals surface area contributed by atoms with Gasteiger partial charge in [0, 0.05) is 29.4 Å². The summed E-state index contributed by atoms with van der Waals surface area (Å²) in [6.45, 7) is 4.00. The molecular formula is C13H19NO2. The molecule has 0 saturated heterocycles. The Kier molecular flexibility index (Phi) is 2.89. The van der Waals surface area contributed by atoms with Crippen LogP contribution in [0.1, 0.15) is 36.1 Å². The van der Waals surface area contributed by atoms with Crippen molar-refractivity contribution in [1.29, 1.82) is 0 Å². The summed E-state index contributed by atoms with van der Waals surface area (Å²) in [5, 5.41) is 10.1. The van der Waals surface area contributed by atoms with Crippen molar-refractivity contribution in [2.75, 3.05) is 7.11 Å². The smallest absolute Gasteiger partial charge is 0.128 e. The number of hydrogen-bond donors (Lipinski definition) is 1. The molecule has 3 heteroatoms. The molecule has 1 fully saturated rings. The Hall–Kier alpha value is -1.09. The molecule has 1 saturated carbocycles. The lowest BCUT2D eigenvalue weighted by Gasteiger charge is -2.36. The number of aliphatic hydroxyl groups is 1. The van der Waals surface area contributed by atoms with Crippen LogP contribution in [0.4, 0.5) is 0 Å². The summed E-state index contributed by atoms with van der Waals surface area (Å²) in [4.78, 5) is 4.41. The summed E-state index contributed by atoms with van der Waals surface area (Å²) in [6.07, 6.45) is 5.38. The van der Waals surface area contributed by atoms with E-state index in [1.165, 1.54) is 0 Å². The zero-order chi connectivity index (χ0) is 11.8. The van der Waals surface area contributed by atoms with Gasteiger partial charge in [-0.25, -0.2) is 0 Å². The zero-order valence-corrected chi connectivity index (χ0v) is 10.2. The number of hydrogen-bond acceptors (Lipinski definition) is 3. The molecule has 3 nitrogen and oxygen atoms in total. The van der Waals surface area contributed by atoms with Crippen molar-refractivity contribution in [1.82, 2.24) is 4.98 Å². The predicted octanol–water partition coefficient (Wildman–Crippen LogP) is 2.16. The van der Waals surface area contributed by atoms with E-state index in [4.69, 9.17) is 4.74 Å². The van der Waals surface area contributed by atoms with Crippen molar-refractivity contribution in [2.24, 2.45) is 0 Å². The molecule has 0 atom stereocenters. The summed E-state index contributed by atoms with van der Waals surface area (Å²) in [5.74, 6) is 0.896. The van der Waals surface area contributed by atoms with E-state index in [9.17, 15) is 5.11 Å². The fourth-order valence-electron chi connectivity index (χ4n) is 2.32. The number of nitrogens with zero attached hydrogens (tertiary/aromatic N) is 1. The first kappa shape index (κ1) is 11.4. The Morgan fingerprint density at radius 3 is 2.62 bits per heavy atom. The third-order valence-corrected chi connectivity index (χ3v) is 3.53. The van der Waals surface area contributed by atoms with E-state index in [2.05, 4.69) is 4.98 Å². The lowest BCUT2D eigenvalue weighted by atomic mass is 9.76. The van der Waals surface area contributed by atoms with Crippen LogP contribution in [0.25, 0.3) is 0 Å². The molecule has 1 aliphatic carbocycles. The largest absolute Gasteiger partial charge is 0.496 e. The van der Waals surface area contributed by atoms with Crippen LogP contribution in [0.5, 0.6) is 5.75 Å². The van der Waals surface area contributed by atoms with Gasteiger partial charge in [-0.1, -0.05) is 0 Å². The van der Waals surface area contributed by atoms with Crippen molar-refractivity contribution >= 4 is 0 Å². The SMILES string of the molecule is COc1c(C)cnc(CC2(O)CCC2)c1C. The van der Waals surface area contributed by atoms with Gasteiger partial charge in [0.25, 0.3) is 0 Å². The maximum atomic E-state index is 10.1. The summed E-state index contributed by atoms with van der Waals surface area (Å²) >= 11 is 0. The van der Waals surface area contributed by atoms with E-state index in [-0.39, 0.29) is 0 Å². The minimum absolute atomic E-state index is 0.516. The molecule has 1 aromatic rings. The van der Waals surface area contributed by atoms with Crippen LogP contribution in [0.2, 0.25) is 0 Å². The van der Waals surface area contributed by atoms with Gasteiger partial charge in [-0.2, -0.15) is 0 Å². The highest BCUT2D eigenvalue weighted by atomic mass is 16.5. The molecule has 1 aliphatic rings. The fraction of sp³-hybridized carbons (Fsp3) is 0.615. The first-order valence-corrected chi connectivity index (χ1v) is 5.77. The van der Waals surface area contributed by atoms with Crippen molar-refractivity contribution < 1.29 is 9.84 Å². The van der Waals surface area contributed by atoms with Crippen molar-refractivity contribution in [2.45, 2.75) is 45.1 Å². The Labute approximate surface area is 96.5 Å². The van der Waals surface area contributed by atoms with Gasteiger partial charge in [0.15, 0.2) is 0 Å². The van der Waals surface area contributed by atoms with E-state index < -0.39 is 5.60 Å². The average molecular weight is 221 g/mol. The first-order chi connectivity index (χ1) is 7.56. The highest BCUT2D eigenvalue weighted by Gasteiger charge is 2.35. The van der Waals surface area contributed by atoms with Crippen molar-refractivity contribution in [3.05, 3.63) is 23.0 Å². The molecule has 0 bridgehead atoms. The molecule has 2 rings (SSSR count). The molecule has 1 N–H and O–H groups in total. The maximum Gasteiger partial charge on any atom is 0.128 e. The maximum absolute atomic E-state index is 10.1. The number of ether oxygens (including phenoxy) is 1. The molecule has 0 radical (unpaired) electrons. The number of methoxy groups -OCH3 is 1. The Balaban J connectivity index is 2.27.